The molecule has 0 aliphatic heterocycles. The molecule has 6 heteroatoms. The molecule has 34 heavy (non-hydrogen) atoms. The summed E-state index contributed by atoms with van der Waals surface area (Å²) in [5, 5.41) is 18.2. The first kappa shape index (κ1) is 23.5. The number of amides is 1. The quantitative estimate of drug-likeness (QED) is 0.613. The van der Waals surface area contributed by atoms with Gasteiger partial charge in [0, 0.05) is 6.20 Å². The third kappa shape index (κ3) is 3.98. The monoisotopic (exact) mass is 465 g/mol. The number of hydrogen-bond acceptors (Lipinski definition) is 5. The maximum Gasteiger partial charge on any atom is 0.261 e. The molecule has 0 bridgehead atoms. The number of aliphatic hydroxyl groups is 1. The number of carbonyl (C=O) groups excluding carboxylic acids is 1. The maximum absolute atomic E-state index is 12.1. The number of pyridine rings is 1. The van der Waals surface area contributed by atoms with E-state index in [0.29, 0.717) is 24.3 Å². The Bertz CT molecular complexity index is 988. The molecular weight excluding hydrogens is 426 g/mol. The highest BCUT2D eigenvalue weighted by Gasteiger charge is 2.62. The van der Waals surface area contributed by atoms with Crippen LogP contribution in [0.3, 0.4) is 0 Å². The van der Waals surface area contributed by atoms with Crippen molar-refractivity contribution in [3.63, 3.8) is 0 Å². The highest BCUT2D eigenvalue weighted by molar-refractivity contribution is 5.96. The van der Waals surface area contributed by atoms with E-state index in [4.69, 9.17) is 4.84 Å². The largest absolute Gasteiger partial charge is 0.390 e. The normalized spacial score (nSPS) is 40.1. The van der Waals surface area contributed by atoms with E-state index in [1.807, 2.05) is 18.2 Å². The third-order valence-corrected chi connectivity index (χ3v) is 10.1. The highest BCUT2D eigenvalue weighted by atomic mass is 16.6. The van der Waals surface area contributed by atoms with Crippen LogP contribution >= 0.6 is 0 Å². The van der Waals surface area contributed by atoms with Gasteiger partial charge in [0.15, 0.2) is 6.61 Å². The minimum atomic E-state index is -0.521. The van der Waals surface area contributed by atoms with Gasteiger partial charge in [-0.2, -0.15) is 0 Å². The van der Waals surface area contributed by atoms with E-state index in [1.54, 1.807) is 6.20 Å². The van der Waals surface area contributed by atoms with Crippen LogP contribution in [0.4, 0.5) is 0 Å². The minimum absolute atomic E-state index is 0.0675. The van der Waals surface area contributed by atoms with Gasteiger partial charge in [-0.3, -0.25) is 9.78 Å². The van der Waals surface area contributed by atoms with Crippen molar-refractivity contribution in [3.8, 4) is 0 Å². The standard InChI is InChI=1S/C28H39N3O3/c1-26-12-9-20(31-34-18-25(32)30-17-21-6-4-5-15-29-21)16-19(26)7-8-22-23(26)10-13-27(2)24(22)11-14-28(27,3)33/h4-6,15-16,22-24,33H,7-14,17-18H2,1-3H3,(H,30,32)/b31-20+/t22-,23+,24+,26+,27+,28+/m1/s1. The van der Waals surface area contributed by atoms with E-state index < -0.39 is 5.60 Å². The molecule has 0 unspecified atom stereocenters. The molecule has 0 spiro atoms. The van der Waals surface area contributed by atoms with Crippen molar-refractivity contribution >= 4 is 11.6 Å². The van der Waals surface area contributed by atoms with Gasteiger partial charge >= 0.3 is 0 Å². The third-order valence-electron chi connectivity index (χ3n) is 10.1. The lowest BCUT2D eigenvalue weighted by atomic mass is 9.46. The van der Waals surface area contributed by atoms with E-state index in [0.717, 1.165) is 43.5 Å². The molecular formula is C28H39N3O3. The second kappa shape index (κ2) is 8.78. The average molecular weight is 466 g/mol. The Balaban J connectivity index is 1.20. The van der Waals surface area contributed by atoms with Gasteiger partial charge in [-0.1, -0.05) is 30.6 Å². The second-order valence-corrected chi connectivity index (χ2v) is 11.7. The number of carbonyl (C=O) groups is 1. The molecule has 4 aliphatic rings. The van der Waals surface area contributed by atoms with Crippen molar-refractivity contribution in [2.24, 2.45) is 33.7 Å². The van der Waals surface area contributed by atoms with Gasteiger partial charge in [0.05, 0.1) is 23.6 Å². The predicted molar refractivity (Wildman–Crippen MR) is 132 cm³/mol. The fraction of sp³-hybridized carbons (Fsp3) is 0.679. The highest BCUT2D eigenvalue weighted by Crippen LogP contribution is 2.67. The number of nitrogens with one attached hydrogen (secondary N) is 1. The second-order valence-electron chi connectivity index (χ2n) is 11.7. The number of rotatable bonds is 5. The molecule has 4 aliphatic carbocycles. The fourth-order valence-electron chi connectivity index (χ4n) is 7.80. The van der Waals surface area contributed by atoms with Gasteiger partial charge < -0.3 is 15.3 Å². The van der Waals surface area contributed by atoms with Crippen LogP contribution in [-0.2, 0) is 16.2 Å². The Morgan fingerprint density at radius 2 is 1.97 bits per heavy atom. The Labute approximate surface area is 203 Å². The summed E-state index contributed by atoms with van der Waals surface area (Å²) in [5.74, 6) is 1.86. The van der Waals surface area contributed by atoms with Crippen LogP contribution in [0.15, 0.2) is 41.2 Å². The number of fused-ring (bicyclic) bond motifs is 5. The van der Waals surface area contributed by atoms with Crippen molar-refractivity contribution in [2.75, 3.05) is 6.61 Å². The molecule has 3 fully saturated rings. The van der Waals surface area contributed by atoms with Gasteiger partial charge in [-0.15, -0.1) is 0 Å². The zero-order chi connectivity index (χ0) is 24.0. The lowest BCUT2D eigenvalue weighted by molar-refractivity contribution is -0.125. The first-order valence-corrected chi connectivity index (χ1v) is 13.0. The van der Waals surface area contributed by atoms with Crippen LogP contribution in [0.1, 0.15) is 77.8 Å². The number of hydrogen-bond donors (Lipinski definition) is 2. The first-order chi connectivity index (χ1) is 16.2. The molecule has 0 radical (unpaired) electrons. The van der Waals surface area contributed by atoms with Crippen LogP contribution in [0.5, 0.6) is 0 Å². The molecule has 3 saturated carbocycles. The Morgan fingerprint density at radius 3 is 2.76 bits per heavy atom. The summed E-state index contributed by atoms with van der Waals surface area (Å²) in [6.45, 7) is 7.20. The molecule has 6 atom stereocenters. The topological polar surface area (TPSA) is 83.8 Å². The van der Waals surface area contributed by atoms with Crippen molar-refractivity contribution in [2.45, 2.75) is 84.3 Å². The average Bonchev–Trinajstić information content (AvgIpc) is 3.07. The molecule has 1 aromatic heterocycles. The van der Waals surface area contributed by atoms with Crippen molar-refractivity contribution in [1.29, 1.82) is 0 Å². The number of nitrogens with zero attached hydrogens (tertiary/aromatic N) is 2. The van der Waals surface area contributed by atoms with Crippen molar-refractivity contribution in [3.05, 3.63) is 41.7 Å². The van der Waals surface area contributed by atoms with Crippen molar-refractivity contribution < 1.29 is 14.7 Å². The molecule has 1 heterocycles. The number of aromatic nitrogens is 1. The predicted octanol–water partition coefficient (Wildman–Crippen LogP) is 4.78. The van der Waals surface area contributed by atoms with Crippen LogP contribution in [0.25, 0.3) is 0 Å². The van der Waals surface area contributed by atoms with E-state index in [-0.39, 0.29) is 23.3 Å². The first-order valence-electron chi connectivity index (χ1n) is 13.0. The molecule has 0 aromatic carbocycles. The summed E-state index contributed by atoms with van der Waals surface area (Å²) >= 11 is 0. The minimum Gasteiger partial charge on any atom is -0.390 e. The van der Waals surface area contributed by atoms with Gasteiger partial charge in [-0.25, -0.2) is 0 Å². The molecule has 5 rings (SSSR count). The fourth-order valence-corrected chi connectivity index (χ4v) is 7.80. The number of oxime groups is 1. The summed E-state index contributed by atoms with van der Waals surface area (Å²) in [7, 11) is 0. The molecule has 1 aromatic rings. The van der Waals surface area contributed by atoms with E-state index >= 15 is 0 Å². The lowest BCUT2D eigenvalue weighted by Gasteiger charge is -2.59. The summed E-state index contributed by atoms with van der Waals surface area (Å²) in [6.07, 6.45) is 12.7. The van der Waals surface area contributed by atoms with E-state index in [9.17, 15) is 9.90 Å². The summed E-state index contributed by atoms with van der Waals surface area (Å²) in [6, 6.07) is 5.63. The zero-order valence-electron chi connectivity index (χ0n) is 20.8. The lowest BCUT2D eigenvalue weighted by Crippen LogP contribution is -2.53. The Morgan fingerprint density at radius 1 is 1.15 bits per heavy atom. The molecule has 0 saturated heterocycles. The number of allylic oxidation sites excluding steroid dienone is 2. The summed E-state index contributed by atoms with van der Waals surface area (Å²) in [5.41, 5.74) is 3.05. The molecule has 1 amide bonds. The summed E-state index contributed by atoms with van der Waals surface area (Å²) < 4.78 is 0. The van der Waals surface area contributed by atoms with Crippen LogP contribution in [-0.4, -0.2) is 33.9 Å². The molecule has 184 valence electrons. The van der Waals surface area contributed by atoms with Gasteiger partial charge in [0.2, 0.25) is 0 Å². The smallest absolute Gasteiger partial charge is 0.261 e. The summed E-state index contributed by atoms with van der Waals surface area (Å²) in [4.78, 5) is 21.7. The molecule has 6 nitrogen and oxygen atoms in total. The van der Waals surface area contributed by atoms with Crippen LogP contribution in [0, 0.1) is 28.6 Å². The van der Waals surface area contributed by atoms with E-state index in [2.05, 4.69) is 42.3 Å². The van der Waals surface area contributed by atoms with Gasteiger partial charge in [0.25, 0.3) is 5.91 Å². The van der Waals surface area contributed by atoms with Gasteiger partial charge in [0.1, 0.15) is 0 Å². The van der Waals surface area contributed by atoms with Crippen LogP contribution < -0.4 is 5.32 Å². The van der Waals surface area contributed by atoms with Crippen LogP contribution in [0.2, 0.25) is 0 Å². The zero-order valence-corrected chi connectivity index (χ0v) is 20.8. The van der Waals surface area contributed by atoms with Gasteiger partial charge in [-0.05, 0) is 105 Å². The Hall–Kier alpha value is -2.21. The van der Waals surface area contributed by atoms with E-state index in [1.165, 1.54) is 24.8 Å². The Kier molecular flexibility index (Phi) is 6.07. The maximum atomic E-state index is 12.1. The van der Waals surface area contributed by atoms with Crippen molar-refractivity contribution in [1.82, 2.24) is 10.3 Å². The SMILES string of the molecule is C[C@]12CC/C(=N\OCC(=O)NCc3ccccn3)C=C1CC[C@@H]1[C@@H]2CC[C@@]2(C)[C@H]1CC[C@]2(C)O. The molecule has 2 N–H and O–H groups in total.